The number of amides is 1. The van der Waals surface area contributed by atoms with Gasteiger partial charge >= 0.3 is 5.97 Å². The monoisotopic (exact) mass is 451 g/mol. The summed E-state index contributed by atoms with van der Waals surface area (Å²) in [7, 11) is -3.66. The van der Waals surface area contributed by atoms with Crippen LogP contribution in [0.1, 0.15) is 27.7 Å². The Morgan fingerprint density at radius 2 is 1.59 bits per heavy atom. The molecule has 164 valence electrons. The number of rotatable bonds is 6. The number of hydrogen-bond donors (Lipinski definition) is 3. The van der Waals surface area contributed by atoms with Crippen LogP contribution in [0.2, 0.25) is 0 Å². The molecule has 3 aromatic rings. The van der Waals surface area contributed by atoms with Gasteiger partial charge in [0.15, 0.2) is 6.61 Å². The highest BCUT2D eigenvalue weighted by Crippen LogP contribution is 2.30. The molecular weight excluding hydrogens is 430 g/mol. The van der Waals surface area contributed by atoms with Crippen molar-refractivity contribution in [1.82, 2.24) is 10.0 Å². The molecule has 0 bridgehead atoms. The number of sulfonamides is 1. The van der Waals surface area contributed by atoms with E-state index in [1.54, 1.807) is 30.3 Å². The van der Waals surface area contributed by atoms with Crippen molar-refractivity contribution in [1.29, 1.82) is 0 Å². The van der Waals surface area contributed by atoms with E-state index in [1.807, 2.05) is 30.3 Å². The van der Waals surface area contributed by atoms with E-state index in [9.17, 15) is 18.0 Å². The van der Waals surface area contributed by atoms with Gasteiger partial charge in [-0.15, -0.1) is 0 Å². The molecule has 0 saturated carbocycles. The molecule has 0 aliphatic carbocycles. The Labute approximate surface area is 185 Å². The Morgan fingerprint density at radius 1 is 0.906 bits per heavy atom. The van der Waals surface area contributed by atoms with Gasteiger partial charge in [0, 0.05) is 6.54 Å². The Balaban J connectivity index is 1.33. The van der Waals surface area contributed by atoms with E-state index in [0.717, 1.165) is 5.56 Å². The molecule has 0 unspecified atom stereocenters. The highest BCUT2D eigenvalue weighted by atomic mass is 32.2. The van der Waals surface area contributed by atoms with Crippen molar-refractivity contribution < 1.29 is 22.7 Å². The largest absolute Gasteiger partial charge is 0.452 e. The van der Waals surface area contributed by atoms with Crippen molar-refractivity contribution in [3.8, 4) is 0 Å². The molecule has 0 fully saturated rings. The van der Waals surface area contributed by atoms with Crippen molar-refractivity contribution in [3.63, 3.8) is 0 Å². The summed E-state index contributed by atoms with van der Waals surface area (Å²) >= 11 is 0. The predicted octanol–water partition coefficient (Wildman–Crippen LogP) is 2.56. The van der Waals surface area contributed by atoms with Crippen molar-refractivity contribution in [2.24, 2.45) is 0 Å². The number of benzene rings is 3. The van der Waals surface area contributed by atoms with Gasteiger partial charge < -0.3 is 15.4 Å². The molecule has 0 radical (unpaired) electrons. The average molecular weight is 452 g/mol. The van der Waals surface area contributed by atoms with E-state index in [0.29, 0.717) is 17.8 Å². The number of hydrogen-bond acceptors (Lipinski definition) is 6. The summed E-state index contributed by atoms with van der Waals surface area (Å²) in [5.74, 6) is -1.05. The van der Waals surface area contributed by atoms with Crippen LogP contribution in [-0.2, 0) is 26.1 Å². The van der Waals surface area contributed by atoms with Crippen LogP contribution in [0.3, 0.4) is 0 Å². The smallest absolute Gasteiger partial charge is 0.338 e. The lowest BCUT2D eigenvalue weighted by molar-refractivity contribution is -0.124. The van der Waals surface area contributed by atoms with E-state index in [1.165, 1.54) is 18.2 Å². The zero-order valence-corrected chi connectivity index (χ0v) is 17.8. The zero-order valence-electron chi connectivity index (χ0n) is 16.9. The van der Waals surface area contributed by atoms with Crippen LogP contribution in [0, 0.1) is 0 Å². The first-order valence-electron chi connectivity index (χ1n) is 9.88. The van der Waals surface area contributed by atoms with E-state index >= 15 is 0 Å². The summed E-state index contributed by atoms with van der Waals surface area (Å²) in [6, 6.07) is 22.3. The molecule has 1 aliphatic rings. The average Bonchev–Trinajstić information content (AvgIpc) is 2.81. The van der Waals surface area contributed by atoms with Gasteiger partial charge in [-0.2, -0.15) is 4.72 Å². The quantitative estimate of drug-likeness (QED) is 0.497. The number of carbonyl (C=O) groups is 2. The highest BCUT2D eigenvalue weighted by Gasteiger charge is 2.29. The molecular formula is C23H21N3O5S. The van der Waals surface area contributed by atoms with Gasteiger partial charge in [-0.05, 0) is 35.4 Å². The molecule has 3 aromatic carbocycles. The summed E-state index contributed by atoms with van der Waals surface area (Å²) in [4.78, 5) is 24.3. The van der Waals surface area contributed by atoms with Crippen LogP contribution in [0.25, 0.3) is 0 Å². The second-order valence-corrected chi connectivity index (χ2v) is 8.84. The second kappa shape index (κ2) is 9.21. The van der Waals surface area contributed by atoms with Crippen LogP contribution in [-0.4, -0.2) is 26.9 Å². The number of ether oxygens (including phenoxy) is 1. The molecule has 8 nitrogen and oxygen atoms in total. The fourth-order valence-electron chi connectivity index (χ4n) is 3.25. The first kappa shape index (κ1) is 21.5. The third-order valence-corrected chi connectivity index (χ3v) is 6.38. The molecule has 1 heterocycles. The normalized spacial score (nSPS) is 16.3. The lowest BCUT2D eigenvalue weighted by Crippen LogP contribution is -2.38. The Bertz CT molecular complexity index is 1230. The molecule has 9 heteroatoms. The molecule has 1 atom stereocenters. The predicted molar refractivity (Wildman–Crippen MR) is 118 cm³/mol. The van der Waals surface area contributed by atoms with Crippen LogP contribution in [0.15, 0.2) is 83.8 Å². The Morgan fingerprint density at radius 3 is 2.34 bits per heavy atom. The molecule has 4 rings (SSSR count). The highest BCUT2D eigenvalue weighted by molar-refractivity contribution is 7.89. The third kappa shape index (κ3) is 4.96. The Kier molecular flexibility index (Phi) is 6.20. The van der Waals surface area contributed by atoms with Crippen molar-refractivity contribution in [2.75, 3.05) is 11.9 Å². The van der Waals surface area contributed by atoms with Gasteiger partial charge in [0.25, 0.3) is 5.91 Å². The molecule has 3 N–H and O–H groups in total. The fraction of sp³-hybridized carbons (Fsp3) is 0.130. The van der Waals surface area contributed by atoms with Gasteiger partial charge in [0.1, 0.15) is 11.1 Å². The zero-order chi connectivity index (χ0) is 22.6. The van der Waals surface area contributed by atoms with Crippen LogP contribution in [0.4, 0.5) is 5.69 Å². The number of anilines is 1. The minimum Gasteiger partial charge on any atom is -0.452 e. The van der Waals surface area contributed by atoms with Gasteiger partial charge in [-0.25, -0.2) is 13.2 Å². The number of esters is 1. The molecule has 1 aliphatic heterocycles. The Hall–Kier alpha value is -3.69. The summed E-state index contributed by atoms with van der Waals surface area (Å²) in [6.07, 6.45) is -0.677. The van der Waals surface area contributed by atoms with E-state index in [2.05, 4.69) is 15.4 Å². The minimum absolute atomic E-state index is 0.182. The van der Waals surface area contributed by atoms with E-state index in [-0.39, 0.29) is 10.5 Å². The first-order chi connectivity index (χ1) is 15.4. The van der Waals surface area contributed by atoms with Crippen molar-refractivity contribution in [2.45, 2.75) is 17.6 Å². The number of para-hydroxylation sites is 1. The number of carbonyl (C=O) groups excluding carboxylic acids is 2. The SMILES string of the molecule is O=C(COC(=O)c1ccc([C@@H]2Nc3ccccc3S(=O)(=O)N2)cc1)NCc1ccccc1. The molecule has 0 spiro atoms. The van der Waals surface area contributed by atoms with E-state index < -0.39 is 34.7 Å². The fourth-order valence-corrected chi connectivity index (χ4v) is 4.56. The maximum absolute atomic E-state index is 12.5. The summed E-state index contributed by atoms with van der Waals surface area (Å²) in [5, 5.41) is 5.81. The summed E-state index contributed by atoms with van der Waals surface area (Å²) in [5.41, 5.74) is 2.32. The van der Waals surface area contributed by atoms with Gasteiger partial charge in [0.2, 0.25) is 10.0 Å². The maximum Gasteiger partial charge on any atom is 0.338 e. The van der Waals surface area contributed by atoms with Crippen molar-refractivity contribution in [3.05, 3.63) is 95.6 Å². The molecule has 0 saturated heterocycles. The summed E-state index contributed by atoms with van der Waals surface area (Å²) in [6.45, 7) is -0.0481. The maximum atomic E-state index is 12.5. The van der Waals surface area contributed by atoms with Crippen LogP contribution < -0.4 is 15.4 Å². The standard InChI is InChI=1S/C23H21N3O5S/c27-21(24-14-16-6-2-1-3-7-16)15-31-23(28)18-12-10-17(11-13-18)22-25-19-8-4-5-9-20(19)32(29,30)26-22/h1-13,22,25-26H,14-15H2,(H,24,27)/t22-/m1/s1. The second-order valence-electron chi connectivity index (χ2n) is 7.16. The third-order valence-electron chi connectivity index (χ3n) is 4.90. The van der Waals surface area contributed by atoms with Gasteiger partial charge in [0.05, 0.1) is 11.3 Å². The van der Waals surface area contributed by atoms with E-state index in [4.69, 9.17) is 4.74 Å². The summed E-state index contributed by atoms with van der Waals surface area (Å²) < 4.78 is 32.6. The number of nitrogens with one attached hydrogen (secondary N) is 3. The molecule has 32 heavy (non-hydrogen) atoms. The lowest BCUT2D eigenvalue weighted by atomic mass is 10.1. The lowest BCUT2D eigenvalue weighted by Gasteiger charge is -2.28. The minimum atomic E-state index is -3.66. The molecule has 1 amide bonds. The van der Waals surface area contributed by atoms with Gasteiger partial charge in [-0.3, -0.25) is 4.79 Å². The topological polar surface area (TPSA) is 114 Å². The van der Waals surface area contributed by atoms with Crippen molar-refractivity contribution >= 4 is 27.6 Å². The van der Waals surface area contributed by atoms with Gasteiger partial charge in [-0.1, -0.05) is 54.6 Å². The molecule has 0 aromatic heterocycles. The van der Waals surface area contributed by atoms with Crippen LogP contribution in [0.5, 0.6) is 0 Å². The first-order valence-corrected chi connectivity index (χ1v) is 11.4. The number of fused-ring (bicyclic) bond motifs is 1. The van der Waals surface area contributed by atoms with Crippen LogP contribution >= 0.6 is 0 Å².